The van der Waals surface area contributed by atoms with Gasteiger partial charge in [0.25, 0.3) is 0 Å². The number of ether oxygens (including phenoxy) is 1. The van der Waals surface area contributed by atoms with Crippen LogP contribution in [0.4, 0.5) is 5.82 Å². The van der Waals surface area contributed by atoms with Gasteiger partial charge in [-0.2, -0.15) is 0 Å². The smallest absolute Gasteiger partial charge is 0.342 e. The SMILES string of the molecule is O=C(O)C=CC(=O)O.O=[N+]([O-])c1cncn1CCN1CCOCC1. The number of aromatic nitrogens is 2. The molecule has 2 N–H and O–H groups in total. The molecule has 1 aliphatic heterocycles. The highest BCUT2D eigenvalue weighted by atomic mass is 16.6. The van der Waals surface area contributed by atoms with Crippen molar-refractivity contribution in [1.82, 2.24) is 14.5 Å². The van der Waals surface area contributed by atoms with Crippen molar-refractivity contribution >= 4 is 17.8 Å². The Morgan fingerprint density at radius 2 is 1.83 bits per heavy atom. The van der Waals surface area contributed by atoms with Crippen LogP contribution in [0.5, 0.6) is 0 Å². The topological polar surface area (TPSA) is 148 Å². The average molecular weight is 342 g/mol. The van der Waals surface area contributed by atoms with E-state index in [2.05, 4.69) is 9.88 Å². The van der Waals surface area contributed by atoms with Gasteiger partial charge in [-0.05, 0) is 4.92 Å². The number of hydrogen-bond acceptors (Lipinski definition) is 7. The van der Waals surface area contributed by atoms with Gasteiger partial charge in [0.1, 0.15) is 12.7 Å². The number of aliphatic carboxylic acids is 2. The second-order valence-electron chi connectivity index (χ2n) is 4.67. The van der Waals surface area contributed by atoms with Crippen LogP contribution >= 0.6 is 0 Å². The van der Waals surface area contributed by atoms with E-state index in [9.17, 15) is 19.7 Å². The first kappa shape index (κ1) is 19.3. The molecule has 0 aromatic carbocycles. The summed E-state index contributed by atoms with van der Waals surface area (Å²) < 4.78 is 6.79. The van der Waals surface area contributed by atoms with Crippen LogP contribution in [-0.4, -0.2) is 74.4 Å². The van der Waals surface area contributed by atoms with Gasteiger partial charge in [-0.1, -0.05) is 0 Å². The average Bonchev–Trinajstić information content (AvgIpc) is 3.01. The third-order valence-electron chi connectivity index (χ3n) is 3.01. The van der Waals surface area contributed by atoms with Gasteiger partial charge in [0.05, 0.1) is 13.2 Å². The van der Waals surface area contributed by atoms with Crippen LogP contribution in [0.25, 0.3) is 0 Å². The zero-order valence-electron chi connectivity index (χ0n) is 12.8. The first-order chi connectivity index (χ1) is 11.4. The van der Waals surface area contributed by atoms with E-state index in [1.165, 1.54) is 12.5 Å². The lowest BCUT2D eigenvalue weighted by molar-refractivity contribution is -0.392. The number of imidazole rings is 1. The van der Waals surface area contributed by atoms with Gasteiger partial charge in [-0.25, -0.2) is 19.1 Å². The molecule has 132 valence electrons. The van der Waals surface area contributed by atoms with Crippen molar-refractivity contribution in [3.8, 4) is 0 Å². The van der Waals surface area contributed by atoms with Crippen molar-refractivity contribution in [2.75, 3.05) is 32.8 Å². The van der Waals surface area contributed by atoms with Crippen molar-refractivity contribution in [3.63, 3.8) is 0 Å². The van der Waals surface area contributed by atoms with E-state index in [1.807, 2.05) is 0 Å². The van der Waals surface area contributed by atoms with Crippen molar-refractivity contribution in [1.29, 1.82) is 0 Å². The maximum absolute atomic E-state index is 10.6. The molecule has 11 nitrogen and oxygen atoms in total. The van der Waals surface area contributed by atoms with Crippen LogP contribution in [0.2, 0.25) is 0 Å². The molecule has 0 bridgehead atoms. The minimum atomic E-state index is -1.26. The second-order valence-corrected chi connectivity index (χ2v) is 4.67. The molecule has 11 heteroatoms. The predicted molar refractivity (Wildman–Crippen MR) is 80.6 cm³/mol. The maximum Gasteiger partial charge on any atom is 0.342 e. The Morgan fingerprint density at radius 1 is 1.25 bits per heavy atom. The summed E-state index contributed by atoms with van der Waals surface area (Å²) in [5.74, 6) is -2.46. The number of carboxylic acid groups (broad SMARTS) is 2. The molecule has 0 unspecified atom stereocenters. The molecule has 0 amide bonds. The van der Waals surface area contributed by atoms with Gasteiger partial charge >= 0.3 is 17.8 Å². The zero-order valence-corrected chi connectivity index (χ0v) is 12.8. The summed E-state index contributed by atoms with van der Waals surface area (Å²) in [7, 11) is 0. The van der Waals surface area contributed by atoms with Gasteiger partial charge in [0.2, 0.25) is 0 Å². The predicted octanol–water partition coefficient (Wildman–Crippen LogP) is -0.165. The fourth-order valence-corrected chi connectivity index (χ4v) is 1.85. The molecule has 1 aromatic heterocycles. The molecule has 24 heavy (non-hydrogen) atoms. The fourth-order valence-electron chi connectivity index (χ4n) is 1.85. The molecule has 0 saturated carbocycles. The normalized spacial score (nSPS) is 14.8. The Kier molecular flexibility index (Phi) is 8.08. The Hall–Kier alpha value is -2.79. The summed E-state index contributed by atoms with van der Waals surface area (Å²) in [4.78, 5) is 35.4. The van der Waals surface area contributed by atoms with E-state index >= 15 is 0 Å². The maximum atomic E-state index is 10.6. The Morgan fingerprint density at radius 3 is 2.33 bits per heavy atom. The summed E-state index contributed by atoms with van der Waals surface area (Å²) in [6.45, 7) is 4.65. The van der Waals surface area contributed by atoms with E-state index in [1.54, 1.807) is 4.57 Å². The summed E-state index contributed by atoms with van der Waals surface area (Å²) >= 11 is 0. The summed E-state index contributed by atoms with van der Waals surface area (Å²) in [6.07, 6.45) is 3.89. The molecule has 0 atom stereocenters. The Bertz CT molecular complexity index is 577. The fraction of sp³-hybridized carbons (Fsp3) is 0.462. The van der Waals surface area contributed by atoms with Crippen LogP contribution in [0, 0.1) is 10.1 Å². The molecule has 2 heterocycles. The monoisotopic (exact) mass is 342 g/mol. The standard InChI is InChI=1S/C9H14N4O3.C4H4O4/c14-13(15)9-7-10-8-12(9)2-1-11-3-5-16-6-4-11;5-3(6)1-2-4(7)8/h7-8H,1-6H2;1-2H,(H,5,6)(H,7,8). The van der Waals surface area contributed by atoms with Crippen LogP contribution in [0.15, 0.2) is 24.7 Å². The highest BCUT2D eigenvalue weighted by Crippen LogP contribution is 2.09. The van der Waals surface area contributed by atoms with Crippen molar-refractivity contribution in [2.45, 2.75) is 6.54 Å². The first-order valence-electron chi connectivity index (χ1n) is 6.98. The van der Waals surface area contributed by atoms with Crippen LogP contribution < -0.4 is 0 Å². The summed E-state index contributed by atoms with van der Waals surface area (Å²) in [5, 5.41) is 26.3. The Labute approximate surface area is 136 Å². The number of carbonyl (C=O) groups is 2. The van der Waals surface area contributed by atoms with E-state index in [-0.39, 0.29) is 5.82 Å². The summed E-state index contributed by atoms with van der Waals surface area (Å²) in [5.41, 5.74) is 0. The largest absolute Gasteiger partial charge is 0.478 e. The number of nitro groups is 1. The van der Waals surface area contributed by atoms with Crippen LogP contribution in [0.3, 0.4) is 0 Å². The summed E-state index contributed by atoms with van der Waals surface area (Å²) in [6, 6.07) is 0. The third-order valence-corrected chi connectivity index (χ3v) is 3.01. The number of rotatable bonds is 6. The lowest BCUT2D eigenvalue weighted by atomic mass is 10.4. The second kappa shape index (κ2) is 10.1. The molecule has 0 spiro atoms. The molecule has 0 radical (unpaired) electrons. The quantitative estimate of drug-likeness (QED) is 0.408. The first-order valence-corrected chi connectivity index (χ1v) is 6.98. The Balaban J connectivity index is 0.000000307. The van der Waals surface area contributed by atoms with E-state index in [0.717, 1.165) is 32.8 Å². The van der Waals surface area contributed by atoms with Gasteiger partial charge in [-0.3, -0.25) is 4.90 Å². The van der Waals surface area contributed by atoms with E-state index in [0.29, 0.717) is 18.7 Å². The van der Waals surface area contributed by atoms with Crippen LogP contribution in [-0.2, 0) is 20.9 Å². The lowest BCUT2D eigenvalue weighted by Gasteiger charge is -2.25. The van der Waals surface area contributed by atoms with E-state index < -0.39 is 16.9 Å². The van der Waals surface area contributed by atoms with Gasteiger partial charge < -0.3 is 25.1 Å². The highest BCUT2D eigenvalue weighted by molar-refractivity contribution is 5.89. The van der Waals surface area contributed by atoms with Gasteiger partial charge in [0.15, 0.2) is 6.33 Å². The lowest BCUT2D eigenvalue weighted by Crippen LogP contribution is -2.38. The molecule has 2 rings (SSSR count). The minimum Gasteiger partial charge on any atom is -0.478 e. The van der Waals surface area contributed by atoms with Crippen molar-refractivity contribution in [3.05, 3.63) is 34.8 Å². The van der Waals surface area contributed by atoms with Crippen molar-refractivity contribution < 1.29 is 29.5 Å². The molecular weight excluding hydrogens is 324 g/mol. The van der Waals surface area contributed by atoms with Gasteiger partial charge in [0, 0.05) is 31.8 Å². The molecule has 1 aliphatic rings. The number of morpholine rings is 1. The molecule has 0 aliphatic carbocycles. The number of hydrogen-bond donors (Lipinski definition) is 2. The highest BCUT2D eigenvalue weighted by Gasteiger charge is 2.15. The number of nitrogens with zero attached hydrogens (tertiary/aromatic N) is 4. The van der Waals surface area contributed by atoms with Gasteiger partial charge in [-0.15, -0.1) is 0 Å². The molecule has 1 aromatic rings. The van der Waals surface area contributed by atoms with Crippen LogP contribution in [0.1, 0.15) is 0 Å². The third kappa shape index (κ3) is 7.47. The van der Waals surface area contributed by atoms with E-state index in [4.69, 9.17) is 14.9 Å². The molecule has 1 fully saturated rings. The molecule has 1 saturated heterocycles. The molecular formula is C13H18N4O7. The zero-order chi connectivity index (χ0) is 17.9. The minimum absolute atomic E-state index is 0.0493. The number of carboxylic acids is 2. The van der Waals surface area contributed by atoms with Crippen molar-refractivity contribution in [2.24, 2.45) is 0 Å².